The summed E-state index contributed by atoms with van der Waals surface area (Å²) in [5.74, 6) is -0.136. The standard InChI is InChI=1S/C15H18FN3O/c16-13-3-4-15(20)12(8-13)9-19-6-1-2-14(19)10-18-7-5-17-11-18/h3-5,7-8,11,14,20H,1-2,6,9-10H2/t14-/m1/s1. The van der Waals surface area contributed by atoms with Crippen molar-refractivity contribution in [2.24, 2.45) is 0 Å². The van der Waals surface area contributed by atoms with Crippen LogP contribution in [0.5, 0.6) is 5.75 Å². The molecular formula is C15H18FN3O. The molecule has 1 atom stereocenters. The molecule has 0 radical (unpaired) electrons. The second kappa shape index (κ2) is 5.63. The van der Waals surface area contributed by atoms with Crippen LogP contribution >= 0.6 is 0 Å². The van der Waals surface area contributed by atoms with Crippen molar-refractivity contribution in [2.75, 3.05) is 6.54 Å². The first-order valence-electron chi connectivity index (χ1n) is 6.89. The molecule has 0 saturated carbocycles. The van der Waals surface area contributed by atoms with E-state index in [-0.39, 0.29) is 11.6 Å². The predicted molar refractivity (Wildman–Crippen MR) is 73.7 cm³/mol. The number of benzene rings is 1. The van der Waals surface area contributed by atoms with Crippen LogP contribution in [-0.4, -0.2) is 32.1 Å². The molecule has 0 spiro atoms. The lowest BCUT2D eigenvalue weighted by molar-refractivity contribution is 0.221. The predicted octanol–water partition coefficient (Wildman–Crippen LogP) is 2.39. The third-order valence-corrected chi connectivity index (χ3v) is 3.89. The fraction of sp³-hybridized carbons (Fsp3) is 0.400. The maximum absolute atomic E-state index is 13.3. The summed E-state index contributed by atoms with van der Waals surface area (Å²) < 4.78 is 15.3. The highest BCUT2D eigenvalue weighted by Gasteiger charge is 2.25. The quantitative estimate of drug-likeness (QED) is 0.931. The van der Waals surface area contributed by atoms with E-state index in [1.807, 2.05) is 12.5 Å². The molecule has 0 aliphatic carbocycles. The number of phenols is 1. The summed E-state index contributed by atoms with van der Waals surface area (Å²) in [4.78, 5) is 6.35. The van der Waals surface area contributed by atoms with Gasteiger partial charge in [-0.25, -0.2) is 9.37 Å². The topological polar surface area (TPSA) is 41.3 Å². The van der Waals surface area contributed by atoms with Gasteiger partial charge in [-0.05, 0) is 37.6 Å². The van der Waals surface area contributed by atoms with Crippen molar-refractivity contribution in [3.63, 3.8) is 0 Å². The summed E-state index contributed by atoms with van der Waals surface area (Å²) in [7, 11) is 0. The van der Waals surface area contributed by atoms with Crippen molar-refractivity contribution < 1.29 is 9.50 Å². The van der Waals surface area contributed by atoms with E-state index < -0.39 is 0 Å². The number of likely N-dealkylation sites (tertiary alicyclic amines) is 1. The van der Waals surface area contributed by atoms with E-state index >= 15 is 0 Å². The van der Waals surface area contributed by atoms with Crippen molar-refractivity contribution in [1.82, 2.24) is 14.5 Å². The van der Waals surface area contributed by atoms with Gasteiger partial charge in [-0.3, -0.25) is 4.90 Å². The van der Waals surface area contributed by atoms with E-state index in [4.69, 9.17) is 0 Å². The van der Waals surface area contributed by atoms with E-state index in [1.54, 1.807) is 6.20 Å². The van der Waals surface area contributed by atoms with Gasteiger partial charge in [0.2, 0.25) is 0 Å². The SMILES string of the molecule is Oc1ccc(F)cc1CN1CCC[C@@H]1Cn1ccnc1. The fourth-order valence-corrected chi connectivity index (χ4v) is 2.85. The van der Waals surface area contributed by atoms with E-state index in [1.165, 1.54) is 18.2 Å². The molecule has 5 heteroatoms. The molecule has 1 aliphatic heterocycles. The number of nitrogens with zero attached hydrogens (tertiary/aromatic N) is 3. The molecule has 20 heavy (non-hydrogen) atoms. The summed E-state index contributed by atoms with van der Waals surface area (Å²) in [5, 5.41) is 9.83. The highest BCUT2D eigenvalue weighted by Crippen LogP contribution is 2.25. The Morgan fingerprint density at radius 1 is 1.40 bits per heavy atom. The number of imidazole rings is 1. The van der Waals surface area contributed by atoms with Crippen molar-refractivity contribution in [2.45, 2.75) is 32.0 Å². The normalized spacial score (nSPS) is 19.6. The van der Waals surface area contributed by atoms with Crippen LogP contribution in [0.1, 0.15) is 18.4 Å². The first kappa shape index (κ1) is 13.1. The Kier molecular flexibility index (Phi) is 3.69. The van der Waals surface area contributed by atoms with Crippen LogP contribution in [0.15, 0.2) is 36.9 Å². The van der Waals surface area contributed by atoms with E-state index in [0.29, 0.717) is 18.2 Å². The molecular weight excluding hydrogens is 257 g/mol. The molecule has 106 valence electrons. The fourth-order valence-electron chi connectivity index (χ4n) is 2.85. The van der Waals surface area contributed by atoms with Crippen LogP contribution < -0.4 is 0 Å². The van der Waals surface area contributed by atoms with Gasteiger partial charge in [-0.1, -0.05) is 0 Å². The van der Waals surface area contributed by atoms with Crippen LogP contribution in [0.2, 0.25) is 0 Å². The molecule has 1 aliphatic rings. The molecule has 3 rings (SSSR count). The summed E-state index contributed by atoms with van der Waals surface area (Å²) in [6, 6.07) is 4.53. The molecule has 1 N–H and O–H groups in total. The lowest BCUT2D eigenvalue weighted by Crippen LogP contribution is -2.32. The average molecular weight is 275 g/mol. The molecule has 1 saturated heterocycles. The minimum Gasteiger partial charge on any atom is -0.508 e. The van der Waals surface area contributed by atoms with Gasteiger partial charge in [0.25, 0.3) is 0 Å². The molecule has 1 aromatic heterocycles. The molecule has 2 aromatic rings. The Hall–Kier alpha value is -1.88. The Morgan fingerprint density at radius 2 is 2.30 bits per heavy atom. The molecule has 1 fully saturated rings. The molecule has 0 unspecified atom stereocenters. The zero-order valence-corrected chi connectivity index (χ0v) is 11.2. The molecule has 0 bridgehead atoms. The average Bonchev–Trinajstić information content (AvgIpc) is 3.07. The van der Waals surface area contributed by atoms with Gasteiger partial charge < -0.3 is 9.67 Å². The van der Waals surface area contributed by atoms with Gasteiger partial charge in [-0.15, -0.1) is 0 Å². The third kappa shape index (κ3) is 2.82. The smallest absolute Gasteiger partial charge is 0.123 e. The molecule has 4 nitrogen and oxygen atoms in total. The highest BCUT2D eigenvalue weighted by atomic mass is 19.1. The third-order valence-electron chi connectivity index (χ3n) is 3.89. The Labute approximate surface area is 117 Å². The molecule has 1 aromatic carbocycles. The van der Waals surface area contributed by atoms with Gasteiger partial charge in [0.15, 0.2) is 0 Å². The Bertz CT molecular complexity index is 571. The number of halogens is 1. The maximum atomic E-state index is 13.3. The minimum absolute atomic E-state index is 0.166. The largest absolute Gasteiger partial charge is 0.508 e. The van der Waals surface area contributed by atoms with E-state index in [9.17, 15) is 9.50 Å². The first-order chi connectivity index (χ1) is 9.72. The Morgan fingerprint density at radius 3 is 3.10 bits per heavy atom. The number of hydrogen-bond acceptors (Lipinski definition) is 3. The van der Waals surface area contributed by atoms with E-state index in [0.717, 1.165) is 25.9 Å². The number of aromatic nitrogens is 2. The summed E-state index contributed by atoms with van der Waals surface area (Å²) in [6.45, 7) is 2.45. The number of aromatic hydroxyl groups is 1. The van der Waals surface area contributed by atoms with Crippen LogP contribution in [0.4, 0.5) is 4.39 Å². The second-order valence-corrected chi connectivity index (χ2v) is 5.30. The first-order valence-corrected chi connectivity index (χ1v) is 6.89. The monoisotopic (exact) mass is 275 g/mol. The molecule has 2 heterocycles. The van der Waals surface area contributed by atoms with Crippen LogP contribution in [0, 0.1) is 5.82 Å². The van der Waals surface area contributed by atoms with Crippen LogP contribution in [-0.2, 0) is 13.1 Å². The van der Waals surface area contributed by atoms with E-state index in [2.05, 4.69) is 14.5 Å². The zero-order chi connectivity index (χ0) is 13.9. The summed E-state index contributed by atoms with van der Waals surface area (Å²) in [6.07, 6.45) is 7.80. The minimum atomic E-state index is -0.303. The van der Waals surface area contributed by atoms with Gasteiger partial charge >= 0.3 is 0 Å². The second-order valence-electron chi connectivity index (χ2n) is 5.30. The maximum Gasteiger partial charge on any atom is 0.123 e. The van der Waals surface area contributed by atoms with Crippen molar-refractivity contribution in [3.05, 3.63) is 48.3 Å². The van der Waals surface area contributed by atoms with Gasteiger partial charge in [-0.2, -0.15) is 0 Å². The van der Waals surface area contributed by atoms with Gasteiger partial charge in [0, 0.05) is 37.1 Å². The molecule has 0 amide bonds. The number of rotatable bonds is 4. The number of phenolic OH excluding ortho intramolecular Hbond substituents is 1. The lowest BCUT2D eigenvalue weighted by Gasteiger charge is -2.25. The van der Waals surface area contributed by atoms with Crippen LogP contribution in [0.3, 0.4) is 0 Å². The van der Waals surface area contributed by atoms with Crippen LogP contribution in [0.25, 0.3) is 0 Å². The Balaban J connectivity index is 1.71. The van der Waals surface area contributed by atoms with Crippen molar-refractivity contribution in [1.29, 1.82) is 0 Å². The summed E-state index contributed by atoms with van der Waals surface area (Å²) in [5.41, 5.74) is 0.655. The highest BCUT2D eigenvalue weighted by molar-refractivity contribution is 5.32. The van der Waals surface area contributed by atoms with Crippen molar-refractivity contribution in [3.8, 4) is 5.75 Å². The van der Waals surface area contributed by atoms with Gasteiger partial charge in [0.1, 0.15) is 11.6 Å². The van der Waals surface area contributed by atoms with Gasteiger partial charge in [0.05, 0.1) is 6.33 Å². The zero-order valence-electron chi connectivity index (χ0n) is 11.2. The van der Waals surface area contributed by atoms with Crippen molar-refractivity contribution >= 4 is 0 Å². The number of hydrogen-bond donors (Lipinski definition) is 1. The lowest BCUT2D eigenvalue weighted by atomic mass is 10.1. The summed E-state index contributed by atoms with van der Waals surface area (Å²) >= 11 is 0.